The maximum Gasteiger partial charge on any atom is 0.271 e. The lowest BCUT2D eigenvalue weighted by atomic mass is 9.45. The number of pyridine rings is 1. The monoisotopic (exact) mass is 565 g/mol. The summed E-state index contributed by atoms with van der Waals surface area (Å²) >= 11 is 0.882. The fourth-order valence-electron chi connectivity index (χ4n) is 4.87. The number of rotatable bonds is 5. The highest BCUT2D eigenvalue weighted by Crippen LogP contribution is 2.52. The zero-order valence-electron chi connectivity index (χ0n) is 21.4. The number of hydrogen-bond acceptors (Lipinski definition) is 11. The van der Waals surface area contributed by atoms with Crippen molar-refractivity contribution in [3.63, 3.8) is 0 Å². The van der Waals surface area contributed by atoms with Gasteiger partial charge in [0, 0.05) is 26.1 Å². The molecule has 1 aromatic carbocycles. The molecule has 0 bridgehead atoms. The van der Waals surface area contributed by atoms with Crippen molar-refractivity contribution in [3.05, 3.63) is 34.5 Å². The van der Waals surface area contributed by atoms with Gasteiger partial charge in [0.2, 0.25) is 5.82 Å². The van der Waals surface area contributed by atoms with E-state index in [0.717, 1.165) is 11.3 Å². The SMILES string of the molecule is CCc1nn2cc(F)c(N3CCB(C#N)CC3)cc2c1N(C)c1nc(-c2c(O)c(O)c(F)c(O)c2O)c(C#N)s1. The molecule has 1 aliphatic heterocycles. The van der Waals surface area contributed by atoms with E-state index in [4.69, 9.17) is 0 Å². The van der Waals surface area contributed by atoms with Crippen LogP contribution in [0.1, 0.15) is 17.5 Å². The van der Waals surface area contributed by atoms with Gasteiger partial charge in [-0.1, -0.05) is 18.3 Å². The molecule has 4 heterocycles. The molecule has 204 valence electrons. The van der Waals surface area contributed by atoms with Gasteiger partial charge in [0.1, 0.15) is 16.6 Å². The maximum absolute atomic E-state index is 15.2. The molecule has 0 amide bonds. The number of nitrogens with zero attached hydrogens (tertiary/aromatic N) is 7. The first-order valence-electron chi connectivity index (χ1n) is 12.3. The van der Waals surface area contributed by atoms with Gasteiger partial charge in [-0.15, -0.1) is 0 Å². The van der Waals surface area contributed by atoms with E-state index in [1.165, 1.54) is 10.7 Å². The number of phenols is 4. The molecule has 5 rings (SSSR count). The van der Waals surface area contributed by atoms with E-state index in [0.29, 0.717) is 54.7 Å². The molecule has 15 heteroatoms. The second-order valence-electron chi connectivity index (χ2n) is 9.30. The van der Waals surface area contributed by atoms with Crippen LogP contribution in [-0.4, -0.2) is 61.9 Å². The predicted molar refractivity (Wildman–Crippen MR) is 145 cm³/mol. The molecule has 0 unspecified atom stereocenters. The molecule has 1 fully saturated rings. The molecule has 1 saturated heterocycles. The van der Waals surface area contributed by atoms with Crippen LogP contribution in [0.2, 0.25) is 12.6 Å². The molecule has 3 aromatic heterocycles. The summed E-state index contributed by atoms with van der Waals surface area (Å²) < 4.78 is 30.5. The zero-order valence-corrected chi connectivity index (χ0v) is 22.2. The summed E-state index contributed by atoms with van der Waals surface area (Å²) in [6.45, 7) is 2.86. The molecule has 1 aliphatic rings. The number of anilines is 3. The highest BCUT2D eigenvalue weighted by atomic mass is 32.1. The van der Waals surface area contributed by atoms with Crippen LogP contribution in [-0.2, 0) is 6.42 Å². The molecule has 40 heavy (non-hydrogen) atoms. The van der Waals surface area contributed by atoms with Crippen LogP contribution < -0.4 is 9.80 Å². The van der Waals surface area contributed by atoms with Crippen molar-refractivity contribution in [2.75, 3.05) is 29.9 Å². The van der Waals surface area contributed by atoms with Crippen LogP contribution in [0.25, 0.3) is 16.8 Å². The van der Waals surface area contributed by atoms with E-state index in [1.807, 2.05) is 17.9 Å². The number of benzene rings is 1. The molecule has 0 spiro atoms. The van der Waals surface area contributed by atoms with Gasteiger partial charge in [0.15, 0.2) is 33.9 Å². The number of hydrogen-bond donors (Lipinski definition) is 4. The van der Waals surface area contributed by atoms with Gasteiger partial charge in [0.25, 0.3) is 6.71 Å². The fourth-order valence-corrected chi connectivity index (χ4v) is 5.71. The summed E-state index contributed by atoms with van der Waals surface area (Å²) in [5.41, 5.74) is 1.20. The average molecular weight is 565 g/mol. The molecule has 0 saturated carbocycles. The number of aromatic hydroxyl groups is 4. The lowest BCUT2D eigenvalue weighted by Crippen LogP contribution is -2.37. The van der Waals surface area contributed by atoms with Gasteiger partial charge in [-0.3, -0.25) is 0 Å². The van der Waals surface area contributed by atoms with Gasteiger partial charge in [0.05, 0.1) is 34.3 Å². The van der Waals surface area contributed by atoms with Crippen LogP contribution >= 0.6 is 11.3 Å². The second kappa shape index (κ2) is 10.1. The van der Waals surface area contributed by atoms with Crippen molar-refractivity contribution in [1.82, 2.24) is 14.6 Å². The number of halogens is 2. The maximum atomic E-state index is 15.2. The topological polar surface area (TPSA) is 165 Å². The van der Waals surface area contributed by atoms with E-state index in [1.54, 1.807) is 18.0 Å². The summed E-state index contributed by atoms with van der Waals surface area (Å²) in [7, 11) is 1.65. The van der Waals surface area contributed by atoms with E-state index < -0.39 is 40.2 Å². The van der Waals surface area contributed by atoms with E-state index in [2.05, 4.69) is 16.1 Å². The Morgan fingerprint density at radius 3 is 2.33 bits per heavy atom. The normalized spacial score (nSPS) is 13.4. The van der Waals surface area contributed by atoms with Crippen molar-refractivity contribution in [1.29, 1.82) is 10.5 Å². The summed E-state index contributed by atoms with van der Waals surface area (Å²) in [4.78, 5) is 7.79. The third-order valence-corrected chi connectivity index (χ3v) is 8.05. The Morgan fingerprint density at radius 1 is 1.10 bits per heavy atom. The minimum atomic E-state index is -1.62. The van der Waals surface area contributed by atoms with E-state index in [-0.39, 0.29) is 22.4 Å². The fraction of sp³-hybridized carbons (Fsp3) is 0.280. The first kappa shape index (κ1) is 26.8. The average Bonchev–Trinajstić information content (AvgIpc) is 3.55. The Bertz CT molecular complexity index is 1710. The third kappa shape index (κ3) is 4.15. The first-order chi connectivity index (χ1) is 19.1. The highest BCUT2D eigenvalue weighted by Gasteiger charge is 2.31. The molecule has 4 N–H and O–H groups in total. The van der Waals surface area contributed by atoms with Crippen LogP contribution in [0.5, 0.6) is 23.0 Å². The Morgan fingerprint density at radius 2 is 1.75 bits per heavy atom. The third-order valence-electron chi connectivity index (χ3n) is 7.01. The van der Waals surface area contributed by atoms with Crippen molar-refractivity contribution < 1.29 is 29.2 Å². The van der Waals surface area contributed by atoms with E-state index in [9.17, 15) is 35.3 Å². The number of fused-ring (bicyclic) bond motifs is 1. The predicted octanol–water partition coefficient (Wildman–Crippen LogP) is 4.14. The minimum Gasteiger partial charge on any atom is -0.504 e. The summed E-state index contributed by atoms with van der Waals surface area (Å²) in [5, 5.41) is 64.1. The Labute approximate surface area is 231 Å². The number of nitriles is 2. The smallest absolute Gasteiger partial charge is 0.271 e. The summed E-state index contributed by atoms with van der Waals surface area (Å²) in [5.74, 6) is -4.61. The summed E-state index contributed by atoms with van der Waals surface area (Å²) in [6, 6.07) is 3.58. The molecular weight excluding hydrogens is 543 g/mol. The van der Waals surface area contributed by atoms with E-state index >= 15 is 4.39 Å². The minimum absolute atomic E-state index is 0.0661. The standard InChI is InChI=1S/C25H22BF2N7O4S/c1-3-13-20(15-8-14(12(27)10-35(15)32-13)34-6-4-26(11-30)5-7-34)33(2)25-31-19(16(9-29)40-25)17-21(36)23(38)18(28)24(39)22(17)37/h8,10,36-39H,3-7H2,1-2H3. The molecular formula is C25H22BF2N7O4S. The first-order valence-corrected chi connectivity index (χ1v) is 13.1. The van der Waals surface area contributed by atoms with Crippen molar-refractivity contribution in [2.45, 2.75) is 26.0 Å². The molecule has 4 aromatic rings. The molecule has 0 radical (unpaired) electrons. The number of aryl methyl sites for hydroxylation is 1. The van der Waals surface area contributed by atoms with Crippen molar-refractivity contribution in [2.24, 2.45) is 0 Å². The quantitative estimate of drug-likeness (QED) is 0.157. The van der Waals surface area contributed by atoms with Gasteiger partial charge in [-0.25, -0.2) is 19.2 Å². The summed E-state index contributed by atoms with van der Waals surface area (Å²) in [6.07, 6.45) is 3.00. The lowest BCUT2D eigenvalue weighted by Gasteiger charge is -2.30. The molecule has 0 aliphatic carbocycles. The largest absolute Gasteiger partial charge is 0.504 e. The van der Waals surface area contributed by atoms with Crippen LogP contribution in [0, 0.1) is 34.2 Å². The number of aromatic nitrogens is 3. The number of thiazole rings is 1. The Hall–Kier alpha value is -4.76. The van der Waals surface area contributed by atoms with Crippen molar-refractivity contribution >= 4 is 40.1 Å². The van der Waals surface area contributed by atoms with Crippen LogP contribution in [0.3, 0.4) is 0 Å². The van der Waals surface area contributed by atoms with Gasteiger partial charge in [-0.05, 0) is 25.1 Å². The lowest BCUT2D eigenvalue weighted by molar-refractivity contribution is 0.338. The van der Waals surface area contributed by atoms with Crippen LogP contribution in [0.15, 0.2) is 12.3 Å². The molecule has 11 nitrogen and oxygen atoms in total. The Balaban J connectivity index is 1.62. The second-order valence-corrected chi connectivity index (χ2v) is 10.3. The van der Waals surface area contributed by atoms with Crippen molar-refractivity contribution in [3.8, 4) is 46.3 Å². The number of phenolic OH excluding ortho intramolecular Hbond substituents is 4. The van der Waals surface area contributed by atoms with Crippen LogP contribution in [0.4, 0.5) is 25.3 Å². The Kier molecular flexibility index (Phi) is 6.77. The van der Waals surface area contributed by atoms with Gasteiger partial charge < -0.3 is 30.2 Å². The molecule has 0 atom stereocenters. The zero-order chi connectivity index (χ0) is 28.9. The van der Waals surface area contributed by atoms with Gasteiger partial charge >= 0.3 is 0 Å². The highest BCUT2D eigenvalue weighted by molar-refractivity contribution is 7.16. The van der Waals surface area contributed by atoms with Gasteiger partial charge in [-0.2, -0.15) is 14.8 Å².